The molecule has 196 valence electrons. The molecule has 0 saturated carbocycles. The largest absolute Gasteiger partial charge is 0.508 e. The van der Waals surface area contributed by atoms with Gasteiger partial charge in [-0.25, -0.2) is 4.79 Å². The van der Waals surface area contributed by atoms with Crippen molar-refractivity contribution < 1.29 is 39.6 Å². The highest BCUT2D eigenvalue weighted by molar-refractivity contribution is 5.94. The number of unbranched alkanes of at least 4 members (excludes halogenated alkanes) is 1. The van der Waals surface area contributed by atoms with Gasteiger partial charge in [-0.15, -0.1) is 0 Å². The maximum absolute atomic E-state index is 12.9. The second-order valence-electron chi connectivity index (χ2n) is 8.13. The highest BCUT2D eigenvalue weighted by Gasteiger charge is 2.32. The van der Waals surface area contributed by atoms with Crippen LogP contribution in [0.25, 0.3) is 0 Å². The van der Waals surface area contributed by atoms with Crippen LogP contribution in [0.4, 0.5) is 0 Å². The monoisotopic (exact) mass is 497 g/mol. The van der Waals surface area contributed by atoms with E-state index in [0.717, 1.165) is 0 Å². The summed E-state index contributed by atoms with van der Waals surface area (Å²) in [7, 11) is 0. The van der Waals surface area contributed by atoms with Gasteiger partial charge in [-0.3, -0.25) is 14.4 Å². The molecule has 1 aromatic carbocycles. The van der Waals surface area contributed by atoms with Gasteiger partial charge in [-0.05, 0) is 50.4 Å². The highest BCUT2D eigenvalue weighted by Crippen LogP contribution is 2.12. The van der Waals surface area contributed by atoms with Crippen LogP contribution in [0.3, 0.4) is 0 Å². The van der Waals surface area contributed by atoms with E-state index in [9.17, 15) is 34.5 Å². The Morgan fingerprint density at radius 3 is 2.06 bits per heavy atom. The average molecular weight is 498 g/mol. The molecule has 35 heavy (non-hydrogen) atoms. The van der Waals surface area contributed by atoms with Gasteiger partial charge in [0.05, 0.1) is 12.7 Å². The molecule has 5 atom stereocenters. The predicted octanol–water partition coefficient (Wildman–Crippen LogP) is -2.70. The second-order valence-corrected chi connectivity index (χ2v) is 8.13. The number of aromatic hydroxyl groups is 1. The van der Waals surface area contributed by atoms with Crippen LogP contribution in [-0.4, -0.2) is 87.5 Å². The molecule has 0 fully saturated rings. The van der Waals surface area contributed by atoms with E-state index in [4.69, 9.17) is 16.6 Å². The van der Waals surface area contributed by atoms with Crippen molar-refractivity contribution in [1.82, 2.24) is 16.0 Å². The smallest absolute Gasteiger partial charge is 0.326 e. The third-order valence-corrected chi connectivity index (χ3v) is 5.17. The molecule has 0 aromatic heterocycles. The van der Waals surface area contributed by atoms with Gasteiger partial charge in [0.1, 0.15) is 29.9 Å². The number of aliphatic carboxylic acids is 1. The number of hydrogen-bond donors (Lipinski definition) is 9. The summed E-state index contributed by atoms with van der Waals surface area (Å²) in [5, 5.41) is 45.1. The maximum atomic E-state index is 12.9. The summed E-state index contributed by atoms with van der Waals surface area (Å²) in [5.74, 6) is -3.87. The van der Waals surface area contributed by atoms with Crippen molar-refractivity contribution >= 4 is 23.7 Å². The zero-order valence-electron chi connectivity index (χ0n) is 19.5. The lowest BCUT2D eigenvalue weighted by atomic mass is 10.0. The quantitative estimate of drug-likeness (QED) is 0.114. The Morgan fingerprint density at radius 2 is 1.54 bits per heavy atom. The fourth-order valence-corrected chi connectivity index (χ4v) is 3.11. The van der Waals surface area contributed by atoms with E-state index in [1.807, 2.05) is 0 Å². The first-order valence-electron chi connectivity index (χ1n) is 11.2. The van der Waals surface area contributed by atoms with Crippen molar-refractivity contribution in [2.24, 2.45) is 11.5 Å². The van der Waals surface area contributed by atoms with Crippen molar-refractivity contribution in [2.45, 2.75) is 62.9 Å². The molecule has 0 aliphatic heterocycles. The number of amides is 3. The van der Waals surface area contributed by atoms with E-state index < -0.39 is 60.6 Å². The molecule has 1 rings (SSSR count). The molecule has 3 amide bonds. The van der Waals surface area contributed by atoms with Crippen molar-refractivity contribution in [1.29, 1.82) is 0 Å². The topological polar surface area (TPSA) is 237 Å². The van der Waals surface area contributed by atoms with Gasteiger partial charge in [0, 0.05) is 6.42 Å². The van der Waals surface area contributed by atoms with E-state index in [2.05, 4.69) is 16.0 Å². The number of rotatable bonds is 15. The summed E-state index contributed by atoms with van der Waals surface area (Å²) < 4.78 is 0. The number of phenols is 1. The van der Waals surface area contributed by atoms with E-state index in [-0.39, 0.29) is 18.6 Å². The summed E-state index contributed by atoms with van der Waals surface area (Å²) in [6.07, 6.45) is -0.341. The Balaban J connectivity index is 2.95. The van der Waals surface area contributed by atoms with Gasteiger partial charge >= 0.3 is 5.97 Å². The van der Waals surface area contributed by atoms with Gasteiger partial charge in [0.15, 0.2) is 0 Å². The first kappa shape index (κ1) is 29.8. The third-order valence-electron chi connectivity index (χ3n) is 5.17. The van der Waals surface area contributed by atoms with Crippen LogP contribution < -0.4 is 27.4 Å². The minimum atomic E-state index is -1.52. The van der Waals surface area contributed by atoms with E-state index in [1.54, 1.807) is 0 Å². The summed E-state index contributed by atoms with van der Waals surface area (Å²) in [6.45, 7) is 0.956. The molecule has 0 aliphatic rings. The summed E-state index contributed by atoms with van der Waals surface area (Å²) >= 11 is 0. The Labute approximate surface area is 202 Å². The second kappa shape index (κ2) is 14.9. The molecule has 13 nitrogen and oxygen atoms in total. The zero-order valence-corrected chi connectivity index (χ0v) is 19.5. The minimum Gasteiger partial charge on any atom is -0.508 e. The van der Waals surface area contributed by atoms with E-state index >= 15 is 0 Å². The fourth-order valence-electron chi connectivity index (χ4n) is 3.11. The maximum Gasteiger partial charge on any atom is 0.326 e. The lowest BCUT2D eigenvalue weighted by Gasteiger charge is -2.26. The molecular formula is C22H35N5O8. The summed E-state index contributed by atoms with van der Waals surface area (Å²) in [5.41, 5.74) is 11.5. The normalized spacial score (nSPS) is 15.2. The van der Waals surface area contributed by atoms with Crippen LogP contribution in [0.1, 0.15) is 31.7 Å². The molecule has 0 radical (unpaired) electrons. The Morgan fingerprint density at radius 1 is 0.943 bits per heavy atom. The number of nitrogens with one attached hydrogen (secondary N) is 3. The van der Waals surface area contributed by atoms with Crippen molar-refractivity contribution in [2.75, 3.05) is 13.2 Å². The number of carbonyl (C=O) groups is 4. The number of carboxylic acid groups (broad SMARTS) is 1. The molecule has 1 aromatic rings. The SMILES string of the molecule is CC(O)C(NC(=O)C(CCCCN)NC(=O)C(N)CO)C(=O)NC(Cc1ccc(O)cc1)C(=O)O. The van der Waals surface area contributed by atoms with E-state index in [1.165, 1.54) is 31.2 Å². The number of carboxylic acids is 1. The zero-order chi connectivity index (χ0) is 26.5. The van der Waals surface area contributed by atoms with Gasteiger partial charge in [-0.2, -0.15) is 0 Å². The minimum absolute atomic E-state index is 0.00500. The van der Waals surface area contributed by atoms with Crippen molar-refractivity contribution in [3.63, 3.8) is 0 Å². The van der Waals surface area contributed by atoms with Gasteiger partial charge in [0.25, 0.3) is 0 Å². The fraction of sp³-hybridized carbons (Fsp3) is 0.545. The molecule has 0 aliphatic carbocycles. The molecule has 5 unspecified atom stereocenters. The number of hydrogen-bond acceptors (Lipinski definition) is 9. The van der Waals surface area contributed by atoms with Crippen LogP contribution in [0.5, 0.6) is 5.75 Å². The molecule has 0 heterocycles. The number of carbonyl (C=O) groups excluding carboxylic acids is 3. The number of phenolic OH excluding ortho intramolecular Hbond substituents is 1. The van der Waals surface area contributed by atoms with Gasteiger partial charge < -0.3 is 47.8 Å². The molecule has 13 heteroatoms. The number of aliphatic hydroxyl groups excluding tert-OH is 2. The molecule has 0 bridgehead atoms. The van der Waals surface area contributed by atoms with Crippen LogP contribution in [0, 0.1) is 0 Å². The van der Waals surface area contributed by atoms with Gasteiger partial charge in [-0.1, -0.05) is 12.1 Å². The van der Waals surface area contributed by atoms with Gasteiger partial charge in [0.2, 0.25) is 17.7 Å². The van der Waals surface area contributed by atoms with Crippen LogP contribution in [0.15, 0.2) is 24.3 Å². The lowest BCUT2D eigenvalue weighted by Crippen LogP contribution is -2.60. The summed E-state index contributed by atoms with van der Waals surface area (Å²) in [4.78, 5) is 49.4. The van der Waals surface area contributed by atoms with Crippen molar-refractivity contribution in [3.05, 3.63) is 29.8 Å². The predicted molar refractivity (Wildman–Crippen MR) is 125 cm³/mol. The standard InChI is InChI=1S/C22H35N5O8/c1-12(29)18(21(33)26-17(22(34)35)10-13-5-7-14(30)8-6-13)27-20(32)16(4-2-3-9-23)25-19(31)15(24)11-28/h5-8,12,15-18,28-30H,2-4,9-11,23-24H2,1H3,(H,25,31)(H,26,33)(H,27,32)(H,34,35). The number of benzene rings is 1. The number of aliphatic hydroxyl groups is 2. The van der Waals surface area contributed by atoms with Crippen molar-refractivity contribution in [3.8, 4) is 5.75 Å². The molecular weight excluding hydrogens is 462 g/mol. The molecule has 11 N–H and O–H groups in total. The van der Waals surface area contributed by atoms with Crippen LogP contribution >= 0.6 is 0 Å². The number of nitrogens with two attached hydrogens (primary N) is 2. The Kier molecular flexibility index (Phi) is 12.7. The van der Waals surface area contributed by atoms with Crippen LogP contribution in [-0.2, 0) is 25.6 Å². The average Bonchev–Trinajstić information content (AvgIpc) is 2.81. The molecule has 0 saturated heterocycles. The molecule has 0 spiro atoms. The summed E-state index contributed by atoms with van der Waals surface area (Å²) in [6, 6.07) is 0.443. The van der Waals surface area contributed by atoms with E-state index in [0.29, 0.717) is 24.9 Å². The Hall–Kier alpha value is -3.26. The van der Waals surface area contributed by atoms with Crippen LogP contribution in [0.2, 0.25) is 0 Å². The highest BCUT2D eigenvalue weighted by atomic mass is 16.4. The first-order valence-corrected chi connectivity index (χ1v) is 11.2. The first-order chi connectivity index (χ1) is 16.5. The third kappa shape index (κ3) is 10.3. The lowest BCUT2D eigenvalue weighted by molar-refractivity contribution is -0.143. The Bertz CT molecular complexity index is 849.